The summed E-state index contributed by atoms with van der Waals surface area (Å²) in [6, 6.07) is 6.22. The van der Waals surface area contributed by atoms with Crippen molar-refractivity contribution in [3.05, 3.63) is 35.7 Å². The number of nitrogen functional groups attached to an aromatic ring is 1. The Kier molecular flexibility index (Phi) is 2.28. The Balaban J connectivity index is 2.00. The molecular formula is C14H11N5S. The van der Waals surface area contributed by atoms with Crippen molar-refractivity contribution in [3.63, 3.8) is 0 Å². The summed E-state index contributed by atoms with van der Waals surface area (Å²) in [5, 5.41) is 1.94. The molecule has 0 unspecified atom stereocenters. The molecule has 0 aliphatic carbocycles. The number of fused-ring (bicyclic) bond motifs is 2. The fourth-order valence-electron chi connectivity index (χ4n) is 2.42. The largest absolute Gasteiger partial charge is 0.383 e. The van der Waals surface area contributed by atoms with Crippen LogP contribution in [0.3, 0.4) is 0 Å². The van der Waals surface area contributed by atoms with E-state index in [1.165, 1.54) is 11.0 Å². The molecule has 3 aromatic heterocycles. The Morgan fingerprint density at radius 1 is 1.25 bits per heavy atom. The van der Waals surface area contributed by atoms with Crippen LogP contribution >= 0.6 is 11.3 Å². The molecule has 0 aliphatic rings. The molecule has 3 heterocycles. The number of aromatic amines is 1. The molecule has 0 radical (unpaired) electrons. The van der Waals surface area contributed by atoms with Crippen LogP contribution in [-0.2, 0) is 0 Å². The minimum atomic E-state index is 0.492. The molecule has 0 aliphatic heterocycles. The molecular weight excluding hydrogens is 270 g/mol. The average molecular weight is 281 g/mol. The molecule has 0 bridgehead atoms. The van der Waals surface area contributed by atoms with Crippen molar-refractivity contribution in [2.75, 3.05) is 5.73 Å². The van der Waals surface area contributed by atoms with Crippen molar-refractivity contribution in [2.45, 2.75) is 6.92 Å². The smallest absolute Gasteiger partial charge is 0.143 e. The Morgan fingerprint density at radius 3 is 3.05 bits per heavy atom. The highest BCUT2D eigenvalue weighted by Gasteiger charge is 2.12. The lowest BCUT2D eigenvalue weighted by Gasteiger charge is -2.01. The van der Waals surface area contributed by atoms with E-state index in [0.29, 0.717) is 5.82 Å². The van der Waals surface area contributed by atoms with Gasteiger partial charge in [0.25, 0.3) is 0 Å². The molecule has 0 amide bonds. The number of nitrogens with two attached hydrogens (primary N) is 1. The van der Waals surface area contributed by atoms with Crippen LogP contribution in [-0.4, -0.2) is 19.9 Å². The van der Waals surface area contributed by atoms with Crippen LogP contribution in [0.2, 0.25) is 0 Å². The van der Waals surface area contributed by atoms with Crippen molar-refractivity contribution < 1.29 is 0 Å². The van der Waals surface area contributed by atoms with Gasteiger partial charge in [-0.1, -0.05) is 6.07 Å². The van der Waals surface area contributed by atoms with Gasteiger partial charge in [-0.05, 0) is 24.6 Å². The Labute approximate surface area is 118 Å². The molecule has 0 saturated carbocycles. The zero-order valence-corrected chi connectivity index (χ0v) is 11.5. The average Bonchev–Trinajstić information content (AvgIpc) is 3.00. The highest BCUT2D eigenvalue weighted by Crippen LogP contribution is 2.33. The van der Waals surface area contributed by atoms with Crippen LogP contribution in [0.5, 0.6) is 0 Å². The molecule has 4 aromatic rings. The van der Waals surface area contributed by atoms with Crippen LogP contribution in [0.4, 0.5) is 5.82 Å². The Morgan fingerprint density at radius 2 is 2.15 bits per heavy atom. The van der Waals surface area contributed by atoms with Gasteiger partial charge in [-0.2, -0.15) is 0 Å². The first-order valence-corrected chi connectivity index (χ1v) is 6.99. The number of hydrogen-bond donors (Lipinski definition) is 2. The summed E-state index contributed by atoms with van der Waals surface area (Å²) in [5.74, 6) is 0.492. The number of thiazole rings is 1. The minimum Gasteiger partial charge on any atom is -0.383 e. The number of anilines is 1. The quantitative estimate of drug-likeness (QED) is 0.561. The first-order chi connectivity index (χ1) is 9.72. The normalized spacial score (nSPS) is 11.4. The molecule has 0 saturated heterocycles. The molecule has 1 aromatic carbocycles. The van der Waals surface area contributed by atoms with Gasteiger partial charge in [-0.3, -0.25) is 0 Å². The molecule has 0 fully saturated rings. The maximum atomic E-state index is 5.97. The van der Waals surface area contributed by atoms with Crippen molar-refractivity contribution in [2.24, 2.45) is 0 Å². The topological polar surface area (TPSA) is 80.5 Å². The number of H-pyrrole nitrogens is 1. The lowest BCUT2D eigenvalue weighted by molar-refractivity contribution is 1.21. The third-order valence-electron chi connectivity index (χ3n) is 3.31. The van der Waals surface area contributed by atoms with Gasteiger partial charge in [0.05, 0.1) is 20.6 Å². The maximum absolute atomic E-state index is 5.97. The lowest BCUT2D eigenvalue weighted by atomic mass is 10.1. The highest BCUT2D eigenvalue weighted by molar-refractivity contribution is 7.18. The Hall–Kier alpha value is -2.47. The number of aromatic nitrogens is 4. The number of nitrogens with zero attached hydrogens (tertiary/aromatic N) is 3. The van der Waals surface area contributed by atoms with Crippen LogP contribution in [0.15, 0.2) is 30.7 Å². The van der Waals surface area contributed by atoms with Gasteiger partial charge in [0.2, 0.25) is 0 Å². The lowest BCUT2D eigenvalue weighted by Crippen LogP contribution is -1.92. The molecule has 3 N–H and O–H groups in total. The second-order valence-corrected chi connectivity index (χ2v) is 5.84. The van der Waals surface area contributed by atoms with E-state index in [1.54, 1.807) is 11.3 Å². The van der Waals surface area contributed by atoms with Gasteiger partial charge in [0.15, 0.2) is 0 Å². The third-order valence-corrected chi connectivity index (χ3v) is 4.24. The first-order valence-electron chi connectivity index (χ1n) is 6.17. The summed E-state index contributed by atoms with van der Waals surface area (Å²) < 4.78 is 1.17. The summed E-state index contributed by atoms with van der Waals surface area (Å²) in [6.07, 6.45) is 3.39. The Bertz CT molecular complexity index is 937. The number of nitrogens with one attached hydrogen (secondary N) is 1. The molecule has 0 atom stereocenters. The van der Waals surface area contributed by atoms with E-state index in [2.05, 4.69) is 32.1 Å². The van der Waals surface area contributed by atoms with E-state index in [0.717, 1.165) is 32.7 Å². The summed E-state index contributed by atoms with van der Waals surface area (Å²) in [6.45, 7) is 2.02. The second kappa shape index (κ2) is 4.01. The fourth-order valence-corrected chi connectivity index (χ4v) is 3.29. The number of benzene rings is 1. The van der Waals surface area contributed by atoms with E-state index < -0.39 is 0 Å². The molecule has 20 heavy (non-hydrogen) atoms. The third kappa shape index (κ3) is 1.58. The molecule has 5 nitrogen and oxygen atoms in total. The second-order valence-electron chi connectivity index (χ2n) is 4.60. The van der Waals surface area contributed by atoms with Crippen molar-refractivity contribution in [1.29, 1.82) is 0 Å². The predicted octanol–water partition coefficient (Wildman–Crippen LogP) is 3.13. The molecule has 4 rings (SSSR count). The van der Waals surface area contributed by atoms with E-state index in [-0.39, 0.29) is 0 Å². The summed E-state index contributed by atoms with van der Waals surface area (Å²) in [4.78, 5) is 15.9. The highest BCUT2D eigenvalue weighted by atomic mass is 32.1. The van der Waals surface area contributed by atoms with Gasteiger partial charge < -0.3 is 10.7 Å². The summed E-state index contributed by atoms with van der Waals surface area (Å²) >= 11 is 1.69. The molecule has 98 valence electrons. The van der Waals surface area contributed by atoms with E-state index in [9.17, 15) is 0 Å². The molecule has 0 spiro atoms. The SMILES string of the molecule is Cc1nc2ccc(-c3c[nH]c4ncnc(N)c34)cc2s1. The minimum absolute atomic E-state index is 0.492. The number of aryl methyl sites for hydroxylation is 1. The zero-order chi connectivity index (χ0) is 13.7. The van der Waals surface area contributed by atoms with Crippen molar-refractivity contribution >= 4 is 38.4 Å². The van der Waals surface area contributed by atoms with E-state index in [1.807, 2.05) is 19.2 Å². The molecule has 6 heteroatoms. The van der Waals surface area contributed by atoms with Gasteiger partial charge in [0.1, 0.15) is 17.8 Å². The summed E-state index contributed by atoms with van der Waals surface area (Å²) in [5.41, 5.74) is 9.87. The standard InChI is InChI=1S/C14H11N5S/c1-7-19-10-3-2-8(4-11(10)20-7)9-5-16-14-12(9)13(15)17-6-18-14/h2-6H,1H3,(H3,15,16,17,18). The summed E-state index contributed by atoms with van der Waals surface area (Å²) in [7, 11) is 0. The van der Waals surface area contributed by atoms with E-state index >= 15 is 0 Å². The number of hydrogen-bond acceptors (Lipinski definition) is 5. The van der Waals surface area contributed by atoms with Crippen LogP contribution in [0.1, 0.15) is 5.01 Å². The monoisotopic (exact) mass is 281 g/mol. The zero-order valence-electron chi connectivity index (χ0n) is 10.7. The van der Waals surface area contributed by atoms with Gasteiger partial charge in [-0.15, -0.1) is 11.3 Å². The van der Waals surface area contributed by atoms with E-state index in [4.69, 9.17) is 5.73 Å². The predicted molar refractivity (Wildman–Crippen MR) is 81.7 cm³/mol. The van der Waals surface area contributed by atoms with Gasteiger partial charge >= 0.3 is 0 Å². The van der Waals surface area contributed by atoms with Gasteiger partial charge in [0, 0.05) is 11.8 Å². The van der Waals surface area contributed by atoms with Crippen molar-refractivity contribution in [1.82, 2.24) is 19.9 Å². The van der Waals surface area contributed by atoms with Crippen molar-refractivity contribution in [3.8, 4) is 11.1 Å². The fraction of sp³-hybridized carbons (Fsp3) is 0.0714. The van der Waals surface area contributed by atoms with Gasteiger partial charge in [-0.25, -0.2) is 15.0 Å². The van der Waals surface area contributed by atoms with Crippen LogP contribution < -0.4 is 5.73 Å². The van der Waals surface area contributed by atoms with Crippen LogP contribution in [0.25, 0.3) is 32.4 Å². The van der Waals surface area contributed by atoms with Crippen LogP contribution in [0, 0.1) is 6.92 Å². The number of rotatable bonds is 1. The first kappa shape index (κ1) is 11.4. The maximum Gasteiger partial charge on any atom is 0.143 e.